The summed E-state index contributed by atoms with van der Waals surface area (Å²) in [6, 6.07) is 1.35. The molecule has 1 saturated heterocycles. The Kier molecular flexibility index (Phi) is 2.69. The van der Waals surface area contributed by atoms with Crippen LogP contribution in [0.5, 0.6) is 0 Å². The Morgan fingerprint density at radius 2 is 2.00 bits per heavy atom. The van der Waals surface area contributed by atoms with E-state index in [0.717, 1.165) is 13.1 Å². The van der Waals surface area contributed by atoms with Crippen molar-refractivity contribution in [3.05, 3.63) is 0 Å². The fourth-order valence-corrected chi connectivity index (χ4v) is 1.32. The van der Waals surface area contributed by atoms with Crippen molar-refractivity contribution in [1.82, 2.24) is 10.2 Å². The first-order chi connectivity index (χ1) is 4.72. The van der Waals surface area contributed by atoms with E-state index >= 15 is 0 Å². The Morgan fingerprint density at radius 1 is 1.30 bits per heavy atom. The second kappa shape index (κ2) is 3.35. The smallest absolute Gasteiger partial charge is 0.0287 e. The minimum absolute atomic E-state index is 0.637. The molecule has 2 nitrogen and oxygen atoms in total. The molecule has 0 bridgehead atoms. The molecule has 1 aliphatic heterocycles. The van der Waals surface area contributed by atoms with Crippen LogP contribution >= 0.6 is 0 Å². The van der Waals surface area contributed by atoms with Gasteiger partial charge in [-0.3, -0.25) is 4.90 Å². The van der Waals surface area contributed by atoms with E-state index in [1.54, 1.807) is 0 Å². The second-order valence-corrected chi connectivity index (χ2v) is 3.28. The van der Waals surface area contributed by atoms with E-state index in [1.165, 1.54) is 6.42 Å². The van der Waals surface area contributed by atoms with Gasteiger partial charge in [0.25, 0.3) is 0 Å². The quantitative estimate of drug-likeness (QED) is 0.485. The van der Waals surface area contributed by atoms with E-state index < -0.39 is 0 Å². The highest BCUT2D eigenvalue weighted by Gasteiger charge is 2.18. The minimum atomic E-state index is 0.637. The summed E-state index contributed by atoms with van der Waals surface area (Å²) in [6.07, 6.45) is 1.22. The highest BCUT2D eigenvalue weighted by atomic mass is 15.2. The Morgan fingerprint density at radius 3 is 2.70 bits per heavy atom. The maximum absolute atomic E-state index is 4.41. The molecule has 1 fully saturated rings. The van der Waals surface area contributed by atoms with Gasteiger partial charge in [-0.25, -0.2) is 5.32 Å². The van der Waals surface area contributed by atoms with Crippen LogP contribution in [0.15, 0.2) is 0 Å². The number of hydrogen-bond donors (Lipinski definition) is 0. The third-order valence-corrected chi connectivity index (χ3v) is 2.49. The van der Waals surface area contributed by atoms with E-state index in [0.29, 0.717) is 12.1 Å². The lowest BCUT2D eigenvalue weighted by Gasteiger charge is -2.26. The zero-order valence-corrected chi connectivity index (χ0v) is 7.17. The SMILES string of the molecule is CC1CC[N]CC(C)N1C. The van der Waals surface area contributed by atoms with Crippen LogP contribution < -0.4 is 5.32 Å². The molecule has 0 aromatic carbocycles. The van der Waals surface area contributed by atoms with Gasteiger partial charge >= 0.3 is 0 Å². The largest absolute Gasteiger partial charge is 0.300 e. The van der Waals surface area contributed by atoms with Gasteiger partial charge < -0.3 is 0 Å². The topological polar surface area (TPSA) is 17.3 Å². The molecule has 1 heterocycles. The average Bonchev–Trinajstić information content (AvgIpc) is 2.04. The molecule has 59 valence electrons. The number of nitrogens with zero attached hydrogens (tertiary/aromatic N) is 2. The molecule has 0 aliphatic carbocycles. The molecule has 0 saturated carbocycles. The van der Waals surface area contributed by atoms with Crippen LogP contribution in [-0.4, -0.2) is 37.1 Å². The lowest BCUT2D eigenvalue weighted by atomic mass is 10.2. The zero-order valence-electron chi connectivity index (χ0n) is 7.17. The molecule has 0 spiro atoms. The van der Waals surface area contributed by atoms with Gasteiger partial charge in [-0.2, -0.15) is 0 Å². The van der Waals surface area contributed by atoms with Crippen LogP contribution in [0.4, 0.5) is 0 Å². The van der Waals surface area contributed by atoms with E-state index in [4.69, 9.17) is 0 Å². The first kappa shape index (κ1) is 8.02. The first-order valence-corrected chi connectivity index (χ1v) is 4.07. The predicted molar refractivity (Wildman–Crippen MR) is 43.2 cm³/mol. The van der Waals surface area contributed by atoms with Crippen molar-refractivity contribution in [3.63, 3.8) is 0 Å². The summed E-state index contributed by atoms with van der Waals surface area (Å²) >= 11 is 0. The fraction of sp³-hybridized carbons (Fsp3) is 1.00. The van der Waals surface area contributed by atoms with Crippen LogP contribution in [0.1, 0.15) is 20.3 Å². The molecule has 0 aromatic heterocycles. The maximum Gasteiger partial charge on any atom is 0.0287 e. The molecule has 1 radical (unpaired) electrons. The normalized spacial score (nSPS) is 37.5. The monoisotopic (exact) mass is 141 g/mol. The van der Waals surface area contributed by atoms with Gasteiger partial charge in [0.05, 0.1) is 0 Å². The van der Waals surface area contributed by atoms with Crippen molar-refractivity contribution >= 4 is 0 Å². The molecule has 2 heteroatoms. The summed E-state index contributed by atoms with van der Waals surface area (Å²) < 4.78 is 0. The Labute approximate surface area is 63.6 Å². The Balaban J connectivity index is 2.46. The number of likely N-dealkylation sites (N-methyl/N-ethyl adjacent to an activating group) is 1. The molecular formula is C8H17N2. The molecule has 1 rings (SSSR count). The summed E-state index contributed by atoms with van der Waals surface area (Å²) in [7, 11) is 2.19. The molecule has 2 unspecified atom stereocenters. The van der Waals surface area contributed by atoms with Gasteiger partial charge in [-0.05, 0) is 27.3 Å². The summed E-state index contributed by atoms with van der Waals surface area (Å²) in [5.74, 6) is 0. The molecule has 1 aliphatic rings. The van der Waals surface area contributed by atoms with Crippen molar-refractivity contribution in [2.24, 2.45) is 0 Å². The molecule has 0 N–H and O–H groups in total. The number of rotatable bonds is 0. The maximum atomic E-state index is 4.41. The van der Waals surface area contributed by atoms with Crippen LogP contribution in [0.2, 0.25) is 0 Å². The lowest BCUT2D eigenvalue weighted by molar-refractivity contribution is 0.208. The standard InChI is InChI=1S/C8H17N2/c1-7-4-5-9-6-8(2)10(7)3/h7-8H,4-6H2,1-3H3. The lowest BCUT2D eigenvalue weighted by Crippen LogP contribution is -2.37. The van der Waals surface area contributed by atoms with Crippen molar-refractivity contribution in [2.45, 2.75) is 32.4 Å². The summed E-state index contributed by atoms with van der Waals surface area (Å²) in [5.41, 5.74) is 0. The molecule has 2 atom stereocenters. The Hall–Kier alpha value is -0.0800. The Bertz CT molecular complexity index is 91.4. The third kappa shape index (κ3) is 1.70. The second-order valence-electron chi connectivity index (χ2n) is 3.28. The van der Waals surface area contributed by atoms with Gasteiger partial charge in [0.15, 0.2) is 0 Å². The van der Waals surface area contributed by atoms with E-state index in [-0.39, 0.29) is 0 Å². The van der Waals surface area contributed by atoms with Gasteiger partial charge in [0.1, 0.15) is 0 Å². The third-order valence-electron chi connectivity index (χ3n) is 2.49. The van der Waals surface area contributed by atoms with Crippen molar-refractivity contribution in [1.29, 1.82) is 0 Å². The predicted octanol–water partition coefficient (Wildman–Crippen LogP) is 0.703. The zero-order chi connectivity index (χ0) is 7.56. The van der Waals surface area contributed by atoms with Crippen molar-refractivity contribution in [2.75, 3.05) is 20.1 Å². The van der Waals surface area contributed by atoms with Crippen LogP contribution in [0.25, 0.3) is 0 Å². The molecule has 0 amide bonds. The van der Waals surface area contributed by atoms with Crippen molar-refractivity contribution in [3.8, 4) is 0 Å². The van der Waals surface area contributed by atoms with Gasteiger partial charge in [0, 0.05) is 25.2 Å². The summed E-state index contributed by atoms with van der Waals surface area (Å²) in [5, 5.41) is 4.41. The molecule has 0 aromatic rings. The van der Waals surface area contributed by atoms with E-state index in [2.05, 4.69) is 31.1 Å². The van der Waals surface area contributed by atoms with Crippen molar-refractivity contribution < 1.29 is 0 Å². The fourth-order valence-electron chi connectivity index (χ4n) is 1.32. The average molecular weight is 141 g/mol. The van der Waals surface area contributed by atoms with Crippen LogP contribution in [-0.2, 0) is 0 Å². The first-order valence-electron chi connectivity index (χ1n) is 4.07. The van der Waals surface area contributed by atoms with Crippen LogP contribution in [0, 0.1) is 0 Å². The van der Waals surface area contributed by atoms with E-state index in [9.17, 15) is 0 Å². The molecular weight excluding hydrogens is 124 g/mol. The van der Waals surface area contributed by atoms with E-state index in [1.807, 2.05) is 0 Å². The minimum Gasteiger partial charge on any atom is -0.300 e. The van der Waals surface area contributed by atoms with Gasteiger partial charge in [-0.15, -0.1) is 0 Å². The van der Waals surface area contributed by atoms with Gasteiger partial charge in [0.2, 0.25) is 0 Å². The highest BCUT2D eigenvalue weighted by molar-refractivity contribution is 4.76. The summed E-state index contributed by atoms with van der Waals surface area (Å²) in [6.45, 7) is 6.58. The molecule has 10 heavy (non-hydrogen) atoms. The number of hydrogen-bond acceptors (Lipinski definition) is 1. The highest BCUT2D eigenvalue weighted by Crippen LogP contribution is 2.08. The van der Waals surface area contributed by atoms with Crippen LogP contribution in [0.3, 0.4) is 0 Å². The summed E-state index contributed by atoms with van der Waals surface area (Å²) in [4.78, 5) is 2.41. The van der Waals surface area contributed by atoms with Gasteiger partial charge in [-0.1, -0.05) is 0 Å².